The molecule has 2 aromatic heterocycles. The van der Waals surface area contributed by atoms with Crippen molar-refractivity contribution in [3.05, 3.63) is 151 Å². The van der Waals surface area contributed by atoms with Gasteiger partial charge in [0.2, 0.25) is 0 Å². The lowest BCUT2D eigenvalue weighted by Crippen LogP contribution is -2.40. The number of aromatic nitrogens is 2. The van der Waals surface area contributed by atoms with E-state index in [9.17, 15) is 9.59 Å². The molecule has 0 bridgehead atoms. The molecule has 0 aliphatic carbocycles. The zero-order chi connectivity index (χ0) is 29.5. The third kappa shape index (κ3) is 4.72. The molecule has 1 aliphatic rings. The Kier molecular flexibility index (Phi) is 6.87. The Hall–Kier alpha value is -5.01. The first kappa shape index (κ1) is 26.9. The van der Waals surface area contributed by atoms with Crippen LogP contribution in [0.2, 0.25) is 0 Å². The number of carbonyl (C=O) groups is 1. The van der Waals surface area contributed by atoms with E-state index in [1.165, 1.54) is 16.9 Å². The quantitative estimate of drug-likeness (QED) is 0.228. The number of fused-ring (bicyclic) bond motifs is 3. The van der Waals surface area contributed by atoms with Crippen molar-refractivity contribution in [2.45, 2.75) is 26.4 Å². The van der Waals surface area contributed by atoms with E-state index in [2.05, 4.69) is 35.0 Å². The molecule has 7 heteroatoms. The van der Waals surface area contributed by atoms with Gasteiger partial charge in [-0.2, -0.15) is 0 Å². The second-order valence-corrected chi connectivity index (χ2v) is 11.6. The van der Waals surface area contributed by atoms with Crippen molar-refractivity contribution in [1.82, 2.24) is 9.13 Å². The summed E-state index contributed by atoms with van der Waals surface area (Å²) in [5.41, 5.74) is 4.88. The minimum atomic E-state index is -0.664. The van der Waals surface area contributed by atoms with Crippen LogP contribution >= 0.6 is 11.3 Å². The molecule has 43 heavy (non-hydrogen) atoms. The van der Waals surface area contributed by atoms with E-state index in [-0.39, 0.29) is 12.2 Å². The topological polar surface area (TPSA) is 65.6 Å². The minimum absolute atomic E-state index is 0.184. The summed E-state index contributed by atoms with van der Waals surface area (Å²) >= 11 is 1.35. The second kappa shape index (κ2) is 11.0. The van der Waals surface area contributed by atoms with Gasteiger partial charge < -0.3 is 9.30 Å². The lowest BCUT2D eigenvalue weighted by atomic mass is 9.91. The SMILES string of the molecule is CCOC(=O)C1=C(C)N=c2s/c(=C\c3cn(Cc4ccccc4)c4ccccc34)c(=O)n2[C@@H]1c1cccc2ccccc12. The number of nitrogens with zero attached hydrogens (tertiary/aromatic N) is 3. The van der Waals surface area contributed by atoms with Gasteiger partial charge in [0, 0.05) is 29.2 Å². The summed E-state index contributed by atoms with van der Waals surface area (Å²) in [4.78, 5) is 33.0. The fourth-order valence-electron chi connectivity index (χ4n) is 6.02. The van der Waals surface area contributed by atoms with Crippen LogP contribution in [0.15, 0.2) is 124 Å². The van der Waals surface area contributed by atoms with Crippen LogP contribution in [0.4, 0.5) is 0 Å². The molecular weight excluding hydrogens is 554 g/mol. The molecule has 6 nitrogen and oxygen atoms in total. The van der Waals surface area contributed by atoms with Crippen LogP contribution < -0.4 is 14.9 Å². The van der Waals surface area contributed by atoms with Crippen molar-refractivity contribution in [3.8, 4) is 0 Å². The molecule has 0 amide bonds. The number of ether oxygens (including phenoxy) is 1. The van der Waals surface area contributed by atoms with Crippen LogP contribution in [-0.2, 0) is 16.1 Å². The van der Waals surface area contributed by atoms with Gasteiger partial charge in [-0.05, 0) is 47.9 Å². The van der Waals surface area contributed by atoms with Gasteiger partial charge in [0.05, 0.1) is 28.5 Å². The highest BCUT2D eigenvalue weighted by molar-refractivity contribution is 7.07. The molecule has 0 spiro atoms. The summed E-state index contributed by atoms with van der Waals surface area (Å²) in [7, 11) is 0. The fourth-order valence-corrected chi connectivity index (χ4v) is 7.05. The zero-order valence-corrected chi connectivity index (χ0v) is 24.7. The van der Waals surface area contributed by atoms with Gasteiger partial charge in [-0.1, -0.05) is 102 Å². The van der Waals surface area contributed by atoms with E-state index in [1.54, 1.807) is 11.5 Å². The van der Waals surface area contributed by atoms with Crippen molar-refractivity contribution < 1.29 is 9.53 Å². The summed E-state index contributed by atoms with van der Waals surface area (Å²) in [6, 6.07) is 31.9. The molecule has 0 radical (unpaired) electrons. The average molecular weight is 584 g/mol. The number of para-hydroxylation sites is 1. The summed E-state index contributed by atoms with van der Waals surface area (Å²) in [5.74, 6) is -0.458. The van der Waals surface area contributed by atoms with Gasteiger partial charge in [-0.15, -0.1) is 0 Å². The molecule has 0 unspecified atom stereocenters. The Morgan fingerprint density at radius 3 is 2.47 bits per heavy atom. The number of esters is 1. The molecular formula is C36H29N3O3S. The number of hydrogen-bond donors (Lipinski definition) is 0. The Labute approximate surface area is 252 Å². The molecule has 7 rings (SSSR count). The van der Waals surface area contributed by atoms with Crippen LogP contribution in [-0.4, -0.2) is 21.7 Å². The normalized spacial score (nSPS) is 15.1. The monoisotopic (exact) mass is 583 g/mol. The van der Waals surface area contributed by atoms with E-state index in [0.717, 1.165) is 39.3 Å². The van der Waals surface area contributed by atoms with E-state index in [4.69, 9.17) is 9.73 Å². The van der Waals surface area contributed by atoms with Crippen LogP contribution in [0.25, 0.3) is 27.8 Å². The molecule has 1 aliphatic heterocycles. The molecule has 6 aromatic rings. The third-order valence-corrected chi connectivity index (χ3v) is 8.92. The highest BCUT2D eigenvalue weighted by atomic mass is 32.1. The molecule has 0 saturated carbocycles. The molecule has 0 fully saturated rings. The fraction of sp³-hybridized carbons (Fsp3) is 0.139. The zero-order valence-electron chi connectivity index (χ0n) is 23.9. The highest BCUT2D eigenvalue weighted by Crippen LogP contribution is 2.35. The standard InChI is InChI=1S/C36H29N3O3S/c1-3-42-35(41)32-23(2)37-36-39(33(32)29-18-11-15-25-14-7-8-16-27(25)29)34(40)31(43-36)20-26-22-38(21-24-12-5-4-6-13-24)30-19-10-9-17-28(26)30/h4-20,22,33H,3,21H2,1-2H3/b31-20-/t33-/m1/s1. The first-order valence-electron chi connectivity index (χ1n) is 14.3. The molecule has 0 saturated heterocycles. The summed E-state index contributed by atoms with van der Waals surface area (Å²) in [6.45, 7) is 4.55. The van der Waals surface area contributed by atoms with Crippen molar-refractivity contribution in [3.63, 3.8) is 0 Å². The second-order valence-electron chi connectivity index (χ2n) is 10.6. The van der Waals surface area contributed by atoms with Gasteiger partial charge >= 0.3 is 5.97 Å². The van der Waals surface area contributed by atoms with E-state index >= 15 is 0 Å². The first-order chi connectivity index (χ1) is 21.0. The number of rotatable bonds is 6. The number of benzene rings is 4. The van der Waals surface area contributed by atoms with Crippen LogP contribution in [0.1, 0.15) is 36.6 Å². The Morgan fingerprint density at radius 2 is 1.65 bits per heavy atom. The number of allylic oxidation sites excluding steroid dienone is 1. The molecule has 4 aromatic carbocycles. The Bertz CT molecular complexity index is 2230. The predicted molar refractivity (Wildman–Crippen MR) is 172 cm³/mol. The predicted octanol–water partition coefficient (Wildman–Crippen LogP) is 5.95. The maximum absolute atomic E-state index is 14.3. The van der Waals surface area contributed by atoms with Crippen LogP contribution in [0.5, 0.6) is 0 Å². The average Bonchev–Trinajstić information content (AvgIpc) is 3.52. The smallest absolute Gasteiger partial charge is 0.338 e. The van der Waals surface area contributed by atoms with Gasteiger partial charge in [0.25, 0.3) is 5.56 Å². The molecule has 1 atom stereocenters. The van der Waals surface area contributed by atoms with Gasteiger partial charge in [0.1, 0.15) is 0 Å². The number of hydrogen-bond acceptors (Lipinski definition) is 5. The van der Waals surface area contributed by atoms with E-state index < -0.39 is 12.0 Å². The van der Waals surface area contributed by atoms with Crippen LogP contribution in [0.3, 0.4) is 0 Å². The molecule has 0 N–H and O–H groups in total. The Balaban J connectivity index is 1.43. The van der Waals surface area contributed by atoms with Crippen molar-refractivity contribution in [1.29, 1.82) is 0 Å². The molecule has 3 heterocycles. The largest absolute Gasteiger partial charge is 0.463 e. The third-order valence-electron chi connectivity index (χ3n) is 7.94. The minimum Gasteiger partial charge on any atom is -0.463 e. The lowest BCUT2D eigenvalue weighted by molar-refractivity contribution is -0.139. The molecule has 212 valence electrons. The lowest BCUT2D eigenvalue weighted by Gasteiger charge is -2.25. The van der Waals surface area contributed by atoms with E-state index in [1.807, 2.05) is 85.8 Å². The summed E-state index contributed by atoms with van der Waals surface area (Å²) < 4.78 is 9.94. The van der Waals surface area contributed by atoms with Crippen molar-refractivity contribution >= 4 is 45.1 Å². The van der Waals surface area contributed by atoms with Crippen molar-refractivity contribution in [2.75, 3.05) is 6.61 Å². The maximum atomic E-state index is 14.3. The summed E-state index contributed by atoms with van der Waals surface area (Å²) in [6.07, 6.45) is 4.06. The number of carbonyl (C=O) groups excluding carboxylic acids is 1. The maximum Gasteiger partial charge on any atom is 0.338 e. The van der Waals surface area contributed by atoms with E-state index in [0.29, 0.717) is 20.6 Å². The number of thiazole rings is 1. The van der Waals surface area contributed by atoms with Crippen LogP contribution in [0, 0.1) is 0 Å². The highest BCUT2D eigenvalue weighted by Gasteiger charge is 2.34. The van der Waals surface area contributed by atoms with Gasteiger partial charge in [-0.25, -0.2) is 9.79 Å². The van der Waals surface area contributed by atoms with Gasteiger partial charge in [-0.3, -0.25) is 9.36 Å². The van der Waals surface area contributed by atoms with Gasteiger partial charge in [0.15, 0.2) is 4.80 Å². The van der Waals surface area contributed by atoms with Crippen molar-refractivity contribution in [2.24, 2.45) is 4.99 Å². The first-order valence-corrected chi connectivity index (χ1v) is 15.1. The Morgan fingerprint density at radius 1 is 0.930 bits per heavy atom. The summed E-state index contributed by atoms with van der Waals surface area (Å²) in [5, 5.41) is 3.08.